The summed E-state index contributed by atoms with van der Waals surface area (Å²) in [6, 6.07) is 0. The predicted octanol–water partition coefficient (Wildman–Crippen LogP) is 2.40. The van der Waals surface area contributed by atoms with E-state index in [9.17, 15) is 4.79 Å². The summed E-state index contributed by atoms with van der Waals surface area (Å²) >= 11 is 0. The van der Waals surface area contributed by atoms with Crippen LogP contribution in [0.1, 0.15) is 42.9 Å². The van der Waals surface area contributed by atoms with E-state index in [1.165, 1.54) is 0 Å². The number of ketones is 1. The second-order valence-corrected chi connectivity index (χ2v) is 3.18. The summed E-state index contributed by atoms with van der Waals surface area (Å²) in [5.41, 5.74) is 1.37. The third kappa shape index (κ3) is 2.62. The van der Waals surface area contributed by atoms with E-state index in [-0.39, 0.29) is 11.7 Å². The third-order valence-corrected chi connectivity index (χ3v) is 1.98. The third-order valence-electron chi connectivity index (χ3n) is 1.98. The molecule has 0 saturated heterocycles. The Bertz CT molecular complexity index is 302. The molecule has 1 aliphatic rings. The molecule has 1 fully saturated rings. The van der Waals surface area contributed by atoms with Crippen LogP contribution in [-0.4, -0.2) is 15.8 Å². The molecule has 1 aromatic heterocycles. The van der Waals surface area contributed by atoms with Crippen LogP contribution in [-0.2, 0) is 0 Å². The van der Waals surface area contributed by atoms with Crippen molar-refractivity contribution in [3.05, 3.63) is 23.8 Å². The van der Waals surface area contributed by atoms with E-state index in [0.717, 1.165) is 18.5 Å². The molecule has 1 aliphatic carbocycles. The minimum atomic E-state index is 0.155. The highest BCUT2D eigenvalue weighted by atomic mass is 16.1. The van der Waals surface area contributed by atoms with Gasteiger partial charge in [0.1, 0.15) is 5.69 Å². The van der Waals surface area contributed by atoms with Gasteiger partial charge in [0.25, 0.3) is 0 Å². The van der Waals surface area contributed by atoms with E-state index in [1.807, 2.05) is 20.8 Å². The van der Waals surface area contributed by atoms with Gasteiger partial charge in [0.2, 0.25) is 0 Å². The normalized spacial score (nSPS) is 14.2. The summed E-state index contributed by atoms with van der Waals surface area (Å²) in [6.07, 6.45) is 5.24. The minimum absolute atomic E-state index is 0.155. The van der Waals surface area contributed by atoms with Gasteiger partial charge >= 0.3 is 0 Å². The van der Waals surface area contributed by atoms with Gasteiger partial charge in [-0.25, -0.2) is 4.98 Å². The molecule has 0 aromatic carbocycles. The molecular weight excluding hydrogens is 176 g/mol. The van der Waals surface area contributed by atoms with E-state index >= 15 is 0 Å². The summed E-state index contributed by atoms with van der Waals surface area (Å²) in [7, 11) is 0. The van der Waals surface area contributed by atoms with Crippen molar-refractivity contribution in [3.63, 3.8) is 0 Å². The lowest BCUT2D eigenvalue weighted by atomic mass is 10.2. The van der Waals surface area contributed by atoms with Gasteiger partial charge in [-0.15, -0.1) is 0 Å². The Morgan fingerprint density at radius 3 is 2.36 bits per heavy atom. The van der Waals surface area contributed by atoms with Gasteiger partial charge in [-0.05, 0) is 19.8 Å². The number of nitrogens with zero attached hydrogens (tertiary/aromatic N) is 2. The highest BCUT2D eigenvalue weighted by Crippen LogP contribution is 2.31. The molecule has 0 spiro atoms. The van der Waals surface area contributed by atoms with Gasteiger partial charge in [-0.2, -0.15) is 0 Å². The van der Waals surface area contributed by atoms with Crippen molar-refractivity contribution in [3.8, 4) is 0 Å². The second kappa shape index (κ2) is 4.84. The Kier molecular flexibility index (Phi) is 3.74. The Labute approximate surface area is 84.6 Å². The smallest absolute Gasteiger partial charge is 0.185 e. The fraction of sp³-hybridized carbons (Fsp3) is 0.545. The summed E-state index contributed by atoms with van der Waals surface area (Å²) in [5.74, 6) is 0.393. The maximum atomic E-state index is 11.4. The van der Waals surface area contributed by atoms with Crippen molar-refractivity contribution < 1.29 is 4.79 Å². The molecule has 14 heavy (non-hydrogen) atoms. The number of carbonyl (C=O) groups is 1. The fourth-order valence-electron chi connectivity index (χ4n) is 1.07. The lowest BCUT2D eigenvalue weighted by Crippen LogP contribution is -2.04. The highest BCUT2D eigenvalue weighted by Gasteiger charge is 2.31. The maximum Gasteiger partial charge on any atom is 0.185 e. The van der Waals surface area contributed by atoms with E-state index < -0.39 is 0 Å². The van der Waals surface area contributed by atoms with Crippen LogP contribution in [0.5, 0.6) is 0 Å². The Balaban J connectivity index is 0.000000461. The summed E-state index contributed by atoms with van der Waals surface area (Å²) in [5, 5.41) is 0. The molecule has 1 aromatic rings. The standard InChI is InChI=1S/C9H10N2O.C2H6/c1-6-4-11-8(5-10-6)9(12)7-2-3-7;1-2/h4-5,7H,2-3H2,1H3;1-2H3. The topological polar surface area (TPSA) is 42.9 Å². The molecule has 1 heterocycles. The van der Waals surface area contributed by atoms with Crippen LogP contribution >= 0.6 is 0 Å². The maximum absolute atomic E-state index is 11.4. The second-order valence-electron chi connectivity index (χ2n) is 3.18. The minimum Gasteiger partial charge on any atom is -0.292 e. The van der Waals surface area contributed by atoms with Crippen LogP contribution in [0.2, 0.25) is 0 Å². The largest absolute Gasteiger partial charge is 0.292 e. The van der Waals surface area contributed by atoms with E-state index in [2.05, 4.69) is 9.97 Å². The molecule has 3 heteroatoms. The van der Waals surface area contributed by atoms with E-state index in [0.29, 0.717) is 5.69 Å². The molecule has 0 amide bonds. The molecule has 0 aliphatic heterocycles. The highest BCUT2D eigenvalue weighted by molar-refractivity contribution is 5.97. The molecule has 0 unspecified atom stereocenters. The fourth-order valence-corrected chi connectivity index (χ4v) is 1.07. The molecule has 0 N–H and O–H groups in total. The first-order valence-corrected chi connectivity index (χ1v) is 5.10. The summed E-state index contributed by atoms with van der Waals surface area (Å²) in [6.45, 7) is 5.86. The molecule has 2 rings (SSSR count). The van der Waals surface area contributed by atoms with E-state index in [1.54, 1.807) is 12.4 Å². The lowest BCUT2D eigenvalue weighted by Gasteiger charge is -1.96. The number of hydrogen-bond donors (Lipinski definition) is 0. The van der Waals surface area contributed by atoms with Gasteiger partial charge in [-0.3, -0.25) is 9.78 Å². The van der Waals surface area contributed by atoms with Crippen molar-refractivity contribution in [2.45, 2.75) is 33.6 Å². The molecule has 3 nitrogen and oxygen atoms in total. The molecule has 0 bridgehead atoms. The van der Waals surface area contributed by atoms with Crippen molar-refractivity contribution >= 4 is 5.78 Å². The summed E-state index contributed by atoms with van der Waals surface area (Å²) in [4.78, 5) is 19.5. The van der Waals surface area contributed by atoms with Crippen molar-refractivity contribution in [2.75, 3.05) is 0 Å². The Morgan fingerprint density at radius 1 is 1.29 bits per heavy atom. The number of carbonyl (C=O) groups excluding carboxylic acids is 1. The summed E-state index contributed by atoms with van der Waals surface area (Å²) < 4.78 is 0. The average molecular weight is 192 g/mol. The quantitative estimate of drug-likeness (QED) is 0.676. The monoisotopic (exact) mass is 192 g/mol. The SMILES string of the molecule is CC.Cc1cnc(C(=O)C2CC2)cn1. The van der Waals surface area contributed by atoms with Crippen LogP contribution in [0.15, 0.2) is 12.4 Å². The zero-order chi connectivity index (χ0) is 10.6. The molecule has 76 valence electrons. The first-order chi connectivity index (χ1) is 6.77. The number of Topliss-reactive ketones (excluding diaryl/α,β-unsaturated/α-hetero) is 1. The van der Waals surface area contributed by atoms with Crippen molar-refractivity contribution in [1.82, 2.24) is 9.97 Å². The average Bonchev–Trinajstić information content (AvgIpc) is 3.04. The van der Waals surface area contributed by atoms with Gasteiger partial charge in [-0.1, -0.05) is 13.8 Å². The zero-order valence-corrected chi connectivity index (χ0v) is 8.95. The van der Waals surface area contributed by atoms with Gasteiger partial charge in [0.15, 0.2) is 5.78 Å². The van der Waals surface area contributed by atoms with Gasteiger partial charge in [0.05, 0.1) is 11.9 Å². The number of aryl methyl sites for hydroxylation is 1. The predicted molar refractivity (Wildman–Crippen MR) is 55.2 cm³/mol. The van der Waals surface area contributed by atoms with Crippen LogP contribution in [0.4, 0.5) is 0 Å². The zero-order valence-electron chi connectivity index (χ0n) is 8.95. The first-order valence-electron chi connectivity index (χ1n) is 5.10. The number of hydrogen-bond acceptors (Lipinski definition) is 3. The van der Waals surface area contributed by atoms with E-state index in [4.69, 9.17) is 0 Å². The number of aromatic nitrogens is 2. The van der Waals surface area contributed by atoms with Gasteiger partial charge in [0, 0.05) is 12.1 Å². The molecular formula is C11H16N2O. The van der Waals surface area contributed by atoms with Crippen molar-refractivity contribution in [1.29, 1.82) is 0 Å². The van der Waals surface area contributed by atoms with Crippen LogP contribution < -0.4 is 0 Å². The number of rotatable bonds is 2. The first kappa shape index (κ1) is 10.8. The van der Waals surface area contributed by atoms with Crippen LogP contribution in [0, 0.1) is 12.8 Å². The van der Waals surface area contributed by atoms with Crippen LogP contribution in [0.3, 0.4) is 0 Å². The molecule has 0 radical (unpaired) electrons. The molecule has 0 atom stereocenters. The van der Waals surface area contributed by atoms with Crippen molar-refractivity contribution in [2.24, 2.45) is 5.92 Å². The Hall–Kier alpha value is -1.25. The lowest BCUT2D eigenvalue weighted by molar-refractivity contribution is 0.0962. The molecule has 1 saturated carbocycles. The Morgan fingerprint density at radius 2 is 1.93 bits per heavy atom. The van der Waals surface area contributed by atoms with Crippen LogP contribution in [0.25, 0.3) is 0 Å². The van der Waals surface area contributed by atoms with Gasteiger partial charge < -0.3 is 0 Å².